The number of aromatic nitrogens is 1. The van der Waals surface area contributed by atoms with Crippen molar-refractivity contribution in [2.24, 2.45) is 7.05 Å². The third kappa shape index (κ3) is 2.84. The minimum Gasteiger partial charge on any atom is -0.206 e. The Balaban J connectivity index is 2.37. The van der Waals surface area contributed by atoms with Crippen molar-refractivity contribution < 1.29 is 8.96 Å². The van der Waals surface area contributed by atoms with E-state index in [2.05, 4.69) is 56.8 Å². The van der Waals surface area contributed by atoms with Gasteiger partial charge in [0.2, 0.25) is 5.69 Å². The van der Waals surface area contributed by atoms with Crippen LogP contribution in [-0.2, 0) is 7.05 Å². The van der Waals surface area contributed by atoms with Crippen LogP contribution in [0.2, 0.25) is 0 Å². The van der Waals surface area contributed by atoms with Gasteiger partial charge in [-0.25, -0.2) is 8.96 Å². The lowest BCUT2D eigenvalue weighted by atomic mass is 9.91. The molecule has 1 aromatic heterocycles. The van der Waals surface area contributed by atoms with E-state index >= 15 is 0 Å². The predicted octanol–water partition coefficient (Wildman–Crippen LogP) is 5.83. The molecule has 0 bridgehead atoms. The van der Waals surface area contributed by atoms with Gasteiger partial charge in [-0.1, -0.05) is 26.0 Å². The first-order valence-corrected chi connectivity index (χ1v) is 8.92. The Morgan fingerprint density at radius 3 is 2.24 bits per heavy atom. The molecule has 0 aliphatic rings. The van der Waals surface area contributed by atoms with Gasteiger partial charge in [0.25, 0.3) is 0 Å². The molecule has 2 heteroatoms. The summed E-state index contributed by atoms with van der Waals surface area (Å²) in [5.41, 5.74) is 7.33. The summed E-state index contributed by atoms with van der Waals surface area (Å²) in [6, 6.07) is 8.70. The number of benzene rings is 2. The molecule has 3 aromatic rings. The summed E-state index contributed by atoms with van der Waals surface area (Å²) in [5, 5.41) is 2.51. The molecule has 2 aromatic carbocycles. The molecular formula is C23H27FN+. The van der Waals surface area contributed by atoms with Crippen LogP contribution >= 0.6 is 0 Å². The van der Waals surface area contributed by atoms with Crippen LogP contribution in [0.15, 0.2) is 30.5 Å². The summed E-state index contributed by atoms with van der Waals surface area (Å²) in [6.45, 7) is 12.3. The Labute approximate surface area is 150 Å². The molecule has 25 heavy (non-hydrogen) atoms. The lowest BCUT2D eigenvalue weighted by Crippen LogP contribution is -2.32. The Hall–Kier alpha value is -2.22. The van der Waals surface area contributed by atoms with Gasteiger partial charge in [-0.2, -0.15) is 0 Å². The Morgan fingerprint density at radius 1 is 0.920 bits per heavy atom. The quantitative estimate of drug-likeness (QED) is 0.519. The molecule has 0 N–H and O–H groups in total. The van der Waals surface area contributed by atoms with Gasteiger partial charge < -0.3 is 0 Å². The summed E-state index contributed by atoms with van der Waals surface area (Å²) in [7, 11) is 2.07. The summed E-state index contributed by atoms with van der Waals surface area (Å²) in [5.74, 6) is 0.405. The molecule has 1 heterocycles. The number of hydrogen-bond acceptors (Lipinski definition) is 0. The van der Waals surface area contributed by atoms with Gasteiger partial charge in [0, 0.05) is 10.9 Å². The third-order valence-corrected chi connectivity index (χ3v) is 5.45. The van der Waals surface area contributed by atoms with Gasteiger partial charge in [0.05, 0.1) is 5.56 Å². The van der Waals surface area contributed by atoms with E-state index in [1.54, 1.807) is 0 Å². The summed E-state index contributed by atoms with van der Waals surface area (Å²) in [4.78, 5) is 0. The van der Waals surface area contributed by atoms with Crippen LogP contribution in [0.1, 0.15) is 47.6 Å². The van der Waals surface area contributed by atoms with Crippen molar-refractivity contribution in [3.8, 4) is 11.3 Å². The summed E-state index contributed by atoms with van der Waals surface area (Å²) >= 11 is 0. The third-order valence-electron chi connectivity index (χ3n) is 5.45. The largest absolute Gasteiger partial charge is 0.216 e. The van der Waals surface area contributed by atoms with Crippen LogP contribution in [0.5, 0.6) is 0 Å². The highest BCUT2D eigenvalue weighted by atomic mass is 19.1. The molecule has 0 amide bonds. The van der Waals surface area contributed by atoms with E-state index < -0.39 is 0 Å². The zero-order valence-corrected chi connectivity index (χ0v) is 16.3. The minimum absolute atomic E-state index is 0.0931. The van der Waals surface area contributed by atoms with Crippen LogP contribution in [0.4, 0.5) is 4.39 Å². The van der Waals surface area contributed by atoms with Crippen molar-refractivity contribution in [2.45, 2.75) is 47.5 Å². The van der Waals surface area contributed by atoms with Crippen LogP contribution < -0.4 is 4.57 Å². The van der Waals surface area contributed by atoms with Gasteiger partial charge in [-0.15, -0.1) is 0 Å². The number of hydrogen-bond donors (Lipinski definition) is 0. The monoisotopic (exact) mass is 336 g/mol. The van der Waals surface area contributed by atoms with E-state index in [1.807, 2.05) is 26.8 Å². The molecule has 1 nitrogen and oxygen atoms in total. The highest BCUT2D eigenvalue weighted by Crippen LogP contribution is 2.33. The fourth-order valence-electron chi connectivity index (χ4n) is 3.72. The Kier molecular flexibility index (Phi) is 4.40. The van der Waals surface area contributed by atoms with Crippen LogP contribution in [0, 0.1) is 33.5 Å². The molecule has 0 unspecified atom stereocenters. The van der Waals surface area contributed by atoms with Crippen molar-refractivity contribution >= 4 is 10.8 Å². The first kappa shape index (κ1) is 17.6. The molecular weight excluding hydrogens is 309 g/mol. The Bertz CT molecular complexity index is 984. The first-order valence-electron chi connectivity index (χ1n) is 8.92. The molecule has 0 atom stereocenters. The second kappa shape index (κ2) is 6.25. The number of aryl methyl sites for hydroxylation is 3. The fourth-order valence-corrected chi connectivity index (χ4v) is 3.72. The van der Waals surface area contributed by atoms with Crippen molar-refractivity contribution in [2.75, 3.05) is 0 Å². The maximum Gasteiger partial charge on any atom is 0.216 e. The zero-order chi connectivity index (χ0) is 18.5. The lowest BCUT2D eigenvalue weighted by Gasteiger charge is -2.15. The average molecular weight is 336 g/mol. The second-order valence-electron chi connectivity index (χ2n) is 7.52. The topological polar surface area (TPSA) is 3.88 Å². The van der Waals surface area contributed by atoms with Crippen molar-refractivity contribution in [3.63, 3.8) is 0 Å². The van der Waals surface area contributed by atoms with Crippen molar-refractivity contribution in [3.05, 3.63) is 64.1 Å². The number of fused-ring (bicyclic) bond motifs is 1. The minimum atomic E-state index is -0.0931. The van der Waals surface area contributed by atoms with Gasteiger partial charge in [0.1, 0.15) is 12.9 Å². The molecule has 0 aliphatic heterocycles. The second-order valence-corrected chi connectivity index (χ2v) is 7.52. The molecule has 0 radical (unpaired) electrons. The number of pyridine rings is 1. The van der Waals surface area contributed by atoms with Gasteiger partial charge in [-0.3, -0.25) is 0 Å². The lowest BCUT2D eigenvalue weighted by molar-refractivity contribution is -0.659. The number of halogens is 1. The van der Waals surface area contributed by atoms with Crippen molar-refractivity contribution in [1.82, 2.24) is 0 Å². The van der Waals surface area contributed by atoms with Crippen LogP contribution in [-0.4, -0.2) is 0 Å². The number of rotatable bonds is 2. The smallest absolute Gasteiger partial charge is 0.206 e. The molecule has 130 valence electrons. The van der Waals surface area contributed by atoms with E-state index in [9.17, 15) is 4.39 Å². The molecule has 0 saturated carbocycles. The zero-order valence-electron chi connectivity index (χ0n) is 16.3. The molecule has 0 fully saturated rings. The molecule has 0 saturated heterocycles. The van der Waals surface area contributed by atoms with E-state index in [-0.39, 0.29) is 5.82 Å². The van der Waals surface area contributed by atoms with Crippen LogP contribution in [0.3, 0.4) is 0 Å². The first-order chi connectivity index (χ1) is 11.7. The van der Waals surface area contributed by atoms with E-state index in [0.717, 1.165) is 22.4 Å². The molecule has 0 aliphatic carbocycles. The summed E-state index contributed by atoms with van der Waals surface area (Å²) in [6.07, 6.45) is 2.18. The van der Waals surface area contributed by atoms with E-state index in [0.29, 0.717) is 11.5 Å². The average Bonchev–Trinajstić information content (AvgIpc) is 2.57. The highest BCUT2D eigenvalue weighted by molar-refractivity contribution is 5.89. The highest BCUT2D eigenvalue weighted by Gasteiger charge is 2.22. The SMILES string of the molecule is Cc1cc(-c2c(C)c3cc(C(C)C)ccc3c[n+]2C)c(C)c(C)c1F. The van der Waals surface area contributed by atoms with Gasteiger partial charge >= 0.3 is 0 Å². The van der Waals surface area contributed by atoms with Gasteiger partial charge in [-0.05, 0) is 73.4 Å². The van der Waals surface area contributed by atoms with E-state index in [4.69, 9.17) is 0 Å². The Morgan fingerprint density at radius 2 is 1.60 bits per heavy atom. The maximum atomic E-state index is 14.3. The summed E-state index contributed by atoms with van der Waals surface area (Å²) < 4.78 is 16.4. The normalized spacial score (nSPS) is 11.6. The van der Waals surface area contributed by atoms with E-state index in [1.165, 1.54) is 21.9 Å². The van der Waals surface area contributed by atoms with Crippen LogP contribution in [0.25, 0.3) is 22.0 Å². The maximum absolute atomic E-state index is 14.3. The standard InChI is InChI=1S/C23H27FN/c1-13(2)18-8-9-19-12-25(7)23(17(6)20(19)11-18)21-10-14(3)22(24)16(5)15(21)4/h8-13H,1-7H3/q+1. The fraction of sp³-hybridized carbons (Fsp3) is 0.348. The number of nitrogens with zero attached hydrogens (tertiary/aromatic N) is 1. The molecule has 3 rings (SSSR count). The molecule has 0 spiro atoms. The van der Waals surface area contributed by atoms with Gasteiger partial charge in [0.15, 0.2) is 6.20 Å². The van der Waals surface area contributed by atoms with Crippen molar-refractivity contribution in [1.29, 1.82) is 0 Å². The predicted molar refractivity (Wildman–Crippen MR) is 104 cm³/mol.